The van der Waals surface area contributed by atoms with E-state index in [9.17, 15) is 0 Å². The molecule has 0 amide bonds. The topological polar surface area (TPSA) is 34.1 Å². The summed E-state index contributed by atoms with van der Waals surface area (Å²) in [7, 11) is 0. The lowest BCUT2D eigenvalue weighted by atomic mass is 10.2. The summed E-state index contributed by atoms with van der Waals surface area (Å²) in [4.78, 5) is 4.38. The fourth-order valence-electron chi connectivity index (χ4n) is 1.63. The Bertz CT molecular complexity index is 309. The lowest BCUT2D eigenvalue weighted by molar-refractivity contribution is 0.303. The first-order chi connectivity index (χ1) is 8.72. The minimum Gasteiger partial charge on any atom is -0.492 e. The molecular formula is C15H26N2O. The quantitative estimate of drug-likeness (QED) is 0.681. The Morgan fingerprint density at radius 1 is 1.22 bits per heavy atom. The van der Waals surface area contributed by atoms with E-state index in [2.05, 4.69) is 31.1 Å². The standard InChI is InChI=1S/C15H26N2O/c1-4-5-6-7-10-18-15-9-8-14(17-12-15)11-16-13(2)3/h8-9,12-13,16H,4-7,10-11H2,1-3H3. The Hall–Kier alpha value is -1.09. The predicted octanol–water partition coefficient (Wildman–Crippen LogP) is 3.54. The molecule has 0 aliphatic carbocycles. The molecule has 0 unspecified atom stereocenters. The summed E-state index contributed by atoms with van der Waals surface area (Å²) in [6.45, 7) is 8.09. The molecule has 18 heavy (non-hydrogen) atoms. The van der Waals surface area contributed by atoms with E-state index in [4.69, 9.17) is 4.74 Å². The molecule has 0 aliphatic heterocycles. The molecule has 0 aliphatic rings. The van der Waals surface area contributed by atoms with Crippen LogP contribution in [0.1, 0.15) is 52.1 Å². The molecule has 3 nitrogen and oxygen atoms in total. The Morgan fingerprint density at radius 2 is 2.06 bits per heavy atom. The second-order valence-corrected chi connectivity index (χ2v) is 4.93. The minimum absolute atomic E-state index is 0.487. The maximum Gasteiger partial charge on any atom is 0.137 e. The van der Waals surface area contributed by atoms with Crippen molar-refractivity contribution in [1.82, 2.24) is 10.3 Å². The Labute approximate surface area is 111 Å². The van der Waals surface area contributed by atoms with Gasteiger partial charge in [-0.1, -0.05) is 40.0 Å². The van der Waals surface area contributed by atoms with Gasteiger partial charge in [0.2, 0.25) is 0 Å². The maximum atomic E-state index is 5.65. The molecule has 0 aromatic carbocycles. The second-order valence-electron chi connectivity index (χ2n) is 4.93. The largest absolute Gasteiger partial charge is 0.492 e. The zero-order valence-corrected chi connectivity index (χ0v) is 11.9. The van der Waals surface area contributed by atoms with Crippen LogP contribution in [0.2, 0.25) is 0 Å². The number of ether oxygens (including phenoxy) is 1. The van der Waals surface area contributed by atoms with Gasteiger partial charge in [0.15, 0.2) is 0 Å². The zero-order chi connectivity index (χ0) is 13.2. The fraction of sp³-hybridized carbons (Fsp3) is 0.667. The van der Waals surface area contributed by atoms with Crippen LogP contribution < -0.4 is 10.1 Å². The van der Waals surface area contributed by atoms with Crippen molar-refractivity contribution >= 4 is 0 Å². The van der Waals surface area contributed by atoms with E-state index >= 15 is 0 Å². The van der Waals surface area contributed by atoms with Gasteiger partial charge in [-0.2, -0.15) is 0 Å². The highest BCUT2D eigenvalue weighted by atomic mass is 16.5. The molecule has 1 N–H and O–H groups in total. The number of nitrogens with zero attached hydrogens (tertiary/aromatic N) is 1. The van der Waals surface area contributed by atoms with Crippen molar-refractivity contribution in [3.63, 3.8) is 0 Å². The van der Waals surface area contributed by atoms with E-state index in [1.807, 2.05) is 18.3 Å². The van der Waals surface area contributed by atoms with E-state index < -0.39 is 0 Å². The lowest BCUT2D eigenvalue weighted by Gasteiger charge is -2.09. The van der Waals surface area contributed by atoms with Crippen molar-refractivity contribution in [2.24, 2.45) is 0 Å². The van der Waals surface area contributed by atoms with Gasteiger partial charge in [-0.3, -0.25) is 4.98 Å². The van der Waals surface area contributed by atoms with Crippen molar-refractivity contribution in [1.29, 1.82) is 0 Å². The first kappa shape index (κ1) is 15.0. The van der Waals surface area contributed by atoms with Crippen LogP contribution in [0.3, 0.4) is 0 Å². The Kier molecular flexibility index (Phi) is 7.42. The molecule has 0 saturated heterocycles. The van der Waals surface area contributed by atoms with Gasteiger partial charge in [0, 0.05) is 12.6 Å². The first-order valence-corrected chi connectivity index (χ1v) is 7.03. The van der Waals surface area contributed by atoms with Crippen LogP contribution in [-0.2, 0) is 6.54 Å². The number of rotatable bonds is 9. The average Bonchev–Trinajstić information content (AvgIpc) is 2.37. The van der Waals surface area contributed by atoms with Crippen molar-refractivity contribution in [2.75, 3.05) is 6.61 Å². The smallest absolute Gasteiger partial charge is 0.137 e. The molecule has 1 aromatic heterocycles. The molecule has 1 aromatic rings. The van der Waals surface area contributed by atoms with E-state index in [0.717, 1.165) is 31.0 Å². The van der Waals surface area contributed by atoms with Crippen LogP contribution in [0.5, 0.6) is 5.75 Å². The van der Waals surface area contributed by atoms with Crippen LogP contribution in [0.15, 0.2) is 18.3 Å². The van der Waals surface area contributed by atoms with Gasteiger partial charge in [-0.05, 0) is 18.6 Å². The summed E-state index contributed by atoms with van der Waals surface area (Å²) in [6, 6.07) is 4.52. The SMILES string of the molecule is CCCCCCOc1ccc(CNC(C)C)nc1. The zero-order valence-electron chi connectivity index (χ0n) is 11.9. The molecule has 0 bridgehead atoms. The number of unbranched alkanes of at least 4 members (excludes halogenated alkanes) is 3. The summed E-state index contributed by atoms with van der Waals surface area (Å²) in [5.74, 6) is 0.875. The molecule has 0 spiro atoms. The number of pyridine rings is 1. The molecule has 102 valence electrons. The van der Waals surface area contributed by atoms with Gasteiger partial charge < -0.3 is 10.1 Å². The number of aromatic nitrogens is 1. The molecule has 0 radical (unpaired) electrons. The van der Waals surface area contributed by atoms with Crippen molar-refractivity contribution in [3.8, 4) is 5.75 Å². The third-order valence-electron chi connectivity index (χ3n) is 2.76. The Morgan fingerprint density at radius 3 is 2.67 bits per heavy atom. The first-order valence-electron chi connectivity index (χ1n) is 7.03. The van der Waals surface area contributed by atoms with Gasteiger partial charge in [-0.25, -0.2) is 0 Å². The summed E-state index contributed by atoms with van der Waals surface area (Å²) in [5.41, 5.74) is 1.06. The van der Waals surface area contributed by atoms with Crippen LogP contribution in [0.4, 0.5) is 0 Å². The highest BCUT2D eigenvalue weighted by molar-refractivity contribution is 5.19. The van der Waals surface area contributed by atoms with Gasteiger partial charge in [0.1, 0.15) is 5.75 Å². The number of hydrogen-bond donors (Lipinski definition) is 1. The number of hydrogen-bond acceptors (Lipinski definition) is 3. The van der Waals surface area contributed by atoms with Crippen molar-refractivity contribution < 1.29 is 4.74 Å². The highest BCUT2D eigenvalue weighted by Crippen LogP contribution is 2.10. The lowest BCUT2D eigenvalue weighted by Crippen LogP contribution is -2.22. The van der Waals surface area contributed by atoms with Gasteiger partial charge in [0.25, 0.3) is 0 Å². The molecule has 0 atom stereocenters. The van der Waals surface area contributed by atoms with Gasteiger partial charge in [-0.15, -0.1) is 0 Å². The van der Waals surface area contributed by atoms with E-state index in [1.54, 1.807) is 0 Å². The van der Waals surface area contributed by atoms with Crippen LogP contribution in [0.25, 0.3) is 0 Å². The van der Waals surface area contributed by atoms with Crippen LogP contribution >= 0.6 is 0 Å². The predicted molar refractivity (Wildman–Crippen MR) is 75.8 cm³/mol. The molecule has 0 fully saturated rings. The Balaban J connectivity index is 2.23. The summed E-state index contributed by atoms with van der Waals surface area (Å²) in [5, 5.41) is 3.34. The molecule has 0 saturated carbocycles. The second kappa shape index (κ2) is 8.92. The maximum absolute atomic E-state index is 5.65. The third kappa shape index (κ3) is 6.60. The summed E-state index contributed by atoms with van der Waals surface area (Å²) < 4.78 is 5.65. The summed E-state index contributed by atoms with van der Waals surface area (Å²) >= 11 is 0. The minimum atomic E-state index is 0.487. The van der Waals surface area contributed by atoms with E-state index in [1.165, 1.54) is 19.3 Å². The highest BCUT2D eigenvalue weighted by Gasteiger charge is 1.98. The van der Waals surface area contributed by atoms with Gasteiger partial charge >= 0.3 is 0 Å². The third-order valence-corrected chi connectivity index (χ3v) is 2.76. The molecule has 3 heteroatoms. The van der Waals surface area contributed by atoms with Gasteiger partial charge in [0.05, 0.1) is 18.5 Å². The monoisotopic (exact) mass is 250 g/mol. The molecular weight excluding hydrogens is 224 g/mol. The van der Waals surface area contributed by atoms with Crippen LogP contribution in [-0.4, -0.2) is 17.6 Å². The normalized spacial score (nSPS) is 10.9. The van der Waals surface area contributed by atoms with Crippen molar-refractivity contribution in [2.45, 2.75) is 59.0 Å². The fourth-order valence-corrected chi connectivity index (χ4v) is 1.63. The van der Waals surface area contributed by atoms with Crippen molar-refractivity contribution in [3.05, 3.63) is 24.0 Å². The summed E-state index contributed by atoms with van der Waals surface area (Å²) in [6.07, 6.45) is 6.75. The van der Waals surface area contributed by atoms with E-state index in [-0.39, 0.29) is 0 Å². The average molecular weight is 250 g/mol. The molecule has 1 rings (SSSR count). The molecule has 1 heterocycles. The van der Waals surface area contributed by atoms with E-state index in [0.29, 0.717) is 6.04 Å². The number of nitrogens with one attached hydrogen (secondary N) is 1. The van der Waals surface area contributed by atoms with Crippen LogP contribution in [0, 0.1) is 0 Å².